The van der Waals surface area contributed by atoms with Crippen LogP contribution in [-0.2, 0) is 4.79 Å². The highest BCUT2D eigenvalue weighted by molar-refractivity contribution is 5.98. The molecule has 0 bridgehead atoms. The number of carbonyl (C=O) groups is 3. The Balaban J connectivity index is 2.13. The number of anilines is 1. The second kappa shape index (κ2) is 7.55. The molecule has 3 amide bonds. The summed E-state index contributed by atoms with van der Waals surface area (Å²) in [5, 5.41) is 12.0. The molecule has 1 aromatic carbocycles. The molecule has 0 saturated carbocycles. The maximum absolute atomic E-state index is 12.5. The van der Waals surface area contributed by atoms with Crippen molar-refractivity contribution in [3.05, 3.63) is 29.3 Å². The maximum Gasteiger partial charge on any atom is 0.321 e. The van der Waals surface area contributed by atoms with Crippen LogP contribution in [0.5, 0.6) is 0 Å². The second-order valence-electron chi connectivity index (χ2n) is 6.94. The van der Waals surface area contributed by atoms with E-state index in [0.29, 0.717) is 24.2 Å². The Labute approximate surface area is 147 Å². The molecule has 0 radical (unpaired) electrons. The largest absolute Gasteiger partial charge is 0.481 e. The van der Waals surface area contributed by atoms with E-state index in [0.717, 1.165) is 5.56 Å². The molecular weight excluding hydrogens is 322 g/mol. The Morgan fingerprint density at radius 1 is 1.24 bits per heavy atom. The first kappa shape index (κ1) is 18.8. The number of hydrogen-bond donors (Lipinski definition) is 2. The zero-order chi connectivity index (χ0) is 18.7. The van der Waals surface area contributed by atoms with Crippen LogP contribution >= 0.6 is 0 Å². The number of likely N-dealkylation sites (tertiary alicyclic amines) is 1. The zero-order valence-electron chi connectivity index (χ0n) is 15.1. The van der Waals surface area contributed by atoms with Gasteiger partial charge in [-0.1, -0.05) is 13.0 Å². The van der Waals surface area contributed by atoms with Crippen molar-refractivity contribution in [1.82, 2.24) is 9.80 Å². The average molecular weight is 347 g/mol. The number of urea groups is 1. The van der Waals surface area contributed by atoms with Crippen LogP contribution in [0, 0.1) is 18.8 Å². The van der Waals surface area contributed by atoms with Gasteiger partial charge in [-0.25, -0.2) is 4.79 Å². The molecule has 2 rings (SSSR count). The summed E-state index contributed by atoms with van der Waals surface area (Å²) in [5.74, 6) is -1.42. The number of piperidine rings is 1. The molecule has 1 aliphatic rings. The van der Waals surface area contributed by atoms with Crippen molar-refractivity contribution in [3.63, 3.8) is 0 Å². The first-order valence-corrected chi connectivity index (χ1v) is 8.30. The number of hydrogen-bond acceptors (Lipinski definition) is 3. The topological polar surface area (TPSA) is 90.0 Å². The molecule has 1 saturated heterocycles. The van der Waals surface area contributed by atoms with Gasteiger partial charge in [0.25, 0.3) is 5.91 Å². The Morgan fingerprint density at radius 2 is 1.92 bits per heavy atom. The van der Waals surface area contributed by atoms with Gasteiger partial charge in [0.05, 0.1) is 5.92 Å². The lowest BCUT2D eigenvalue weighted by Gasteiger charge is -2.34. The van der Waals surface area contributed by atoms with E-state index in [1.807, 2.05) is 13.8 Å². The third-order valence-corrected chi connectivity index (χ3v) is 4.42. The molecule has 25 heavy (non-hydrogen) atoms. The van der Waals surface area contributed by atoms with Crippen molar-refractivity contribution in [2.24, 2.45) is 11.8 Å². The molecule has 2 atom stereocenters. The van der Waals surface area contributed by atoms with E-state index in [4.69, 9.17) is 0 Å². The molecule has 1 aliphatic heterocycles. The lowest BCUT2D eigenvalue weighted by atomic mass is 9.91. The third kappa shape index (κ3) is 4.49. The Kier molecular flexibility index (Phi) is 5.66. The van der Waals surface area contributed by atoms with E-state index in [1.54, 1.807) is 32.3 Å². The molecule has 7 heteroatoms. The van der Waals surface area contributed by atoms with Gasteiger partial charge < -0.3 is 20.2 Å². The molecule has 7 nitrogen and oxygen atoms in total. The normalized spacial score (nSPS) is 20.1. The van der Waals surface area contributed by atoms with Crippen LogP contribution in [0.15, 0.2) is 18.2 Å². The number of carboxylic acids is 1. The number of carbonyl (C=O) groups excluding carboxylic acids is 2. The second-order valence-corrected chi connectivity index (χ2v) is 6.94. The SMILES string of the molecule is Cc1ccc(NC(=O)N2CC(C)CC(C(=O)O)C2)cc1C(=O)N(C)C. The van der Waals surface area contributed by atoms with E-state index in [1.165, 1.54) is 9.80 Å². The lowest BCUT2D eigenvalue weighted by molar-refractivity contribution is -0.143. The van der Waals surface area contributed by atoms with E-state index >= 15 is 0 Å². The van der Waals surface area contributed by atoms with Gasteiger partial charge in [0.15, 0.2) is 0 Å². The summed E-state index contributed by atoms with van der Waals surface area (Å²) in [4.78, 5) is 39.0. The van der Waals surface area contributed by atoms with Crippen molar-refractivity contribution in [2.45, 2.75) is 20.3 Å². The first-order valence-electron chi connectivity index (χ1n) is 8.30. The minimum Gasteiger partial charge on any atom is -0.481 e. The minimum atomic E-state index is -0.876. The smallest absolute Gasteiger partial charge is 0.321 e. The summed E-state index contributed by atoms with van der Waals surface area (Å²) in [6.45, 7) is 4.49. The molecule has 136 valence electrons. The molecule has 1 fully saturated rings. The van der Waals surface area contributed by atoms with Crippen LogP contribution in [0.2, 0.25) is 0 Å². The number of aryl methyl sites for hydroxylation is 1. The van der Waals surface area contributed by atoms with Gasteiger partial charge in [-0.15, -0.1) is 0 Å². The predicted molar refractivity (Wildman–Crippen MR) is 94.7 cm³/mol. The summed E-state index contributed by atoms with van der Waals surface area (Å²) < 4.78 is 0. The highest BCUT2D eigenvalue weighted by Crippen LogP contribution is 2.23. The highest BCUT2D eigenvalue weighted by atomic mass is 16.4. The fraction of sp³-hybridized carbons (Fsp3) is 0.500. The van der Waals surface area contributed by atoms with E-state index in [2.05, 4.69) is 5.32 Å². The average Bonchev–Trinajstić information content (AvgIpc) is 2.55. The van der Waals surface area contributed by atoms with Gasteiger partial charge >= 0.3 is 12.0 Å². The van der Waals surface area contributed by atoms with Crippen LogP contribution in [0.1, 0.15) is 29.3 Å². The standard InChI is InChI=1S/C18H25N3O4/c1-11-7-13(17(23)24)10-21(9-11)18(25)19-14-6-5-12(2)15(8-14)16(22)20(3)4/h5-6,8,11,13H,7,9-10H2,1-4H3,(H,19,25)(H,23,24). The first-order chi connectivity index (χ1) is 11.7. The molecule has 2 N–H and O–H groups in total. The molecular formula is C18H25N3O4. The van der Waals surface area contributed by atoms with Crippen molar-refractivity contribution in [2.75, 3.05) is 32.5 Å². The number of amides is 3. The van der Waals surface area contributed by atoms with Gasteiger partial charge in [0, 0.05) is 38.4 Å². The van der Waals surface area contributed by atoms with E-state index in [9.17, 15) is 19.5 Å². The third-order valence-electron chi connectivity index (χ3n) is 4.42. The summed E-state index contributed by atoms with van der Waals surface area (Å²) >= 11 is 0. The number of nitrogens with zero attached hydrogens (tertiary/aromatic N) is 2. The highest BCUT2D eigenvalue weighted by Gasteiger charge is 2.32. The van der Waals surface area contributed by atoms with Gasteiger partial charge in [-0.05, 0) is 37.0 Å². The van der Waals surface area contributed by atoms with E-state index < -0.39 is 11.9 Å². The minimum absolute atomic E-state index is 0.129. The van der Waals surface area contributed by atoms with Crippen LogP contribution in [0.3, 0.4) is 0 Å². The monoisotopic (exact) mass is 347 g/mol. The van der Waals surface area contributed by atoms with Crippen molar-refractivity contribution in [1.29, 1.82) is 0 Å². The number of aliphatic carboxylic acids is 1. The zero-order valence-corrected chi connectivity index (χ0v) is 15.1. The van der Waals surface area contributed by atoms with Gasteiger partial charge in [0.2, 0.25) is 0 Å². The number of benzene rings is 1. The van der Waals surface area contributed by atoms with Gasteiger partial charge in [0.1, 0.15) is 0 Å². The van der Waals surface area contributed by atoms with Crippen molar-refractivity contribution >= 4 is 23.6 Å². The Morgan fingerprint density at radius 3 is 2.52 bits per heavy atom. The molecule has 2 unspecified atom stereocenters. The van der Waals surface area contributed by atoms with Crippen LogP contribution < -0.4 is 5.32 Å². The summed E-state index contributed by atoms with van der Waals surface area (Å²) in [6.07, 6.45) is 0.575. The Bertz CT molecular complexity index is 687. The van der Waals surface area contributed by atoms with Gasteiger partial charge in [-0.2, -0.15) is 0 Å². The van der Waals surface area contributed by atoms with Gasteiger partial charge in [-0.3, -0.25) is 9.59 Å². The maximum atomic E-state index is 12.5. The number of nitrogens with one attached hydrogen (secondary N) is 1. The van der Waals surface area contributed by atoms with Crippen LogP contribution in [0.4, 0.5) is 10.5 Å². The molecule has 1 heterocycles. The quantitative estimate of drug-likeness (QED) is 0.878. The van der Waals surface area contributed by atoms with Crippen molar-refractivity contribution in [3.8, 4) is 0 Å². The van der Waals surface area contributed by atoms with Crippen molar-refractivity contribution < 1.29 is 19.5 Å². The number of rotatable bonds is 3. The predicted octanol–water partition coefficient (Wildman–Crippen LogP) is 2.27. The summed E-state index contributed by atoms with van der Waals surface area (Å²) in [7, 11) is 3.35. The van der Waals surface area contributed by atoms with Crippen LogP contribution in [-0.4, -0.2) is 60.0 Å². The summed E-state index contributed by atoms with van der Waals surface area (Å²) in [6, 6.07) is 4.83. The molecule has 0 aromatic heterocycles. The summed E-state index contributed by atoms with van der Waals surface area (Å²) in [5.41, 5.74) is 1.87. The molecule has 0 aliphatic carbocycles. The number of carboxylic acid groups (broad SMARTS) is 1. The molecule has 1 aromatic rings. The Hall–Kier alpha value is -2.57. The van der Waals surface area contributed by atoms with E-state index in [-0.39, 0.29) is 24.4 Å². The molecule has 0 spiro atoms. The lowest BCUT2D eigenvalue weighted by Crippen LogP contribution is -2.47. The fourth-order valence-corrected chi connectivity index (χ4v) is 3.07. The van der Waals surface area contributed by atoms with Crippen LogP contribution in [0.25, 0.3) is 0 Å². The fourth-order valence-electron chi connectivity index (χ4n) is 3.07.